The average molecular weight is 377 g/mol. The van der Waals surface area contributed by atoms with Crippen molar-refractivity contribution in [2.45, 2.75) is 51.9 Å². The Hall–Kier alpha value is -1.17. The second kappa shape index (κ2) is 9.77. The third-order valence-corrected chi connectivity index (χ3v) is 4.12. The van der Waals surface area contributed by atoms with E-state index in [1.54, 1.807) is 0 Å². The van der Waals surface area contributed by atoms with Crippen molar-refractivity contribution in [3.8, 4) is 0 Å². The van der Waals surface area contributed by atoms with Crippen molar-refractivity contribution < 1.29 is 13.6 Å². The minimum atomic E-state index is -1.11. The van der Waals surface area contributed by atoms with E-state index in [2.05, 4.69) is 28.2 Å². The van der Waals surface area contributed by atoms with Crippen LogP contribution >= 0.6 is 15.9 Å². The number of primary amides is 1. The molecule has 22 heavy (non-hydrogen) atoms. The van der Waals surface area contributed by atoms with Crippen molar-refractivity contribution in [3.63, 3.8) is 0 Å². The first-order chi connectivity index (χ1) is 10.5. The van der Waals surface area contributed by atoms with E-state index in [1.165, 1.54) is 25.7 Å². The number of rotatable bonds is 10. The van der Waals surface area contributed by atoms with E-state index in [-0.39, 0.29) is 10.2 Å². The molecular formula is C16H23BrF2N2O. The molecular weight excluding hydrogens is 354 g/mol. The summed E-state index contributed by atoms with van der Waals surface area (Å²) in [5, 5.41) is 2.91. The molecule has 124 valence electrons. The average Bonchev–Trinajstić information content (AvgIpc) is 2.43. The first-order valence-electron chi connectivity index (χ1n) is 7.70. The molecule has 0 fully saturated rings. The number of hydrogen-bond acceptors (Lipinski definition) is 2. The largest absolute Gasteiger partial charge is 0.382 e. The number of halogens is 3. The van der Waals surface area contributed by atoms with E-state index >= 15 is 0 Å². The molecule has 1 rings (SSSR count). The molecule has 1 aromatic carbocycles. The number of amides is 1. The molecule has 1 aromatic rings. The lowest BCUT2D eigenvalue weighted by Crippen LogP contribution is -2.17. The number of hydrogen-bond donors (Lipinski definition) is 2. The summed E-state index contributed by atoms with van der Waals surface area (Å²) in [6.07, 6.45) is 8.06. The molecule has 3 N–H and O–H groups in total. The van der Waals surface area contributed by atoms with Crippen molar-refractivity contribution >= 4 is 27.5 Å². The van der Waals surface area contributed by atoms with E-state index in [1.807, 2.05) is 0 Å². The summed E-state index contributed by atoms with van der Waals surface area (Å²) in [6, 6.07) is 1.05. The maximum Gasteiger partial charge on any atom is 0.254 e. The Morgan fingerprint density at radius 3 is 2.36 bits per heavy atom. The quantitative estimate of drug-likeness (QED) is 0.565. The molecule has 0 spiro atoms. The smallest absolute Gasteiger partial charge is 0.254 e. The standard InChI is InChI=1S/C16H23BrF2N2O/c1-2-3-4-5-6-7-8-9-21-15-11(17)10-12(18)13(14(15)19)16(20)22/h10,21H,2-9H2,1H3,(H2,20,22). The Morgan fingerprint density at radius 2 is 1.77 bits per heavy atom. The van der Waals surface area contributed by atoms with Crippen LogP contribution in [0.15, 0.2) is 10.5 Å². The molecule has 0 radical (unpaired) electrons. The molecule has 0 unspecified atom stereocenters. The first-order valence-corrected chi connectivity index (χ1v) is 8.49. The van der Waals surface area contributed by atoms with Gasteiger partial charge in [0.2, 0.25) is 0 Å². The predicted molar refractivity (Wildman–Crippen MR) is 89.1 cm³/mol. The zero-order valence-electron chi connectivity index (χ0n) is 12.9. The van der Waals surface area contributed by atoms with E-state index < -0.39 is 23.1 Å². The van der Waals surface area contributed by atoms with Crippen LogP contribution in [-0.4, -0.2) is 12.5 Å². The van der Waals surface area contributed by atoms with Crippen LogP contribution in [0.4, 0.5) is 14.5 Å². The molecule has 0 saturated carbocycles. The molecule has 6 heteroatoms. The molecule has 0 aliphatic heterocycles. The van der Waals surface area contributed by atoms with Gasteiger partial charge in [-0.3, -0.25) is 4.79 Å². The SMILES string of the molecule is CCCCCCCCCNc1c(Br)cc(F)c(C(N)=O)c1F. The maximum atomic E-state index is 14.1. The minimum absolute atomic E-state index is 0.0844. The zero-order chi connectivity index (χ0) is 16.5. The molecule has 0 saturated heterocycles. The Balaban J connectivity index is 2.49. The van der Waals surface area contributed by atoms with E-state index in [4.69, 9.17) is 5.73 Å². The third kappa shape index (κ3) is 5.55. The van der Waals surface area contributed by atoms with Gasteiger partial charge in [0.25, 0.3) is 5.91 Å². The van der Waals surface area contributed by atoms with Crippen LogP contribution in [0.1, 0.15) is 62.2 Å². The molecule has 0 aliphatic carbocycles. The van der Waals surface area contributed by atoms with Gasteiger partial charge >= 0.3 is 0 Å². The van der Waals surface area contributed by atoms with Crippen molar-refractivity contribution in [1.29, 1.82) is 0 Å². The van der Waals surface area contributed by atoms with Crippen LogP contribution in [0.5, 0.6) is 0 Å². The van der Waals surface area contributed by atoms with Gasteiger partial charge in [-0.15, -0.1) is 0 Å². The lowest BCUT2D eigenvalue weighted by molar-refractivity contribution is 0.0992. The number of nitrogens with two attached hydrogens (primary N) is 1. The van der Waals surface area contributed by atoms with Gasteiger partial charge in [-0.2, -0.15) is 0 Å². The van der Waals surface area contributed by atoms with Crippen LogP contribution in [0.3, 0.4) is 0 Å². The van der Waals surface area contributed by atoms with Gasteiger partial charge in [0, 0.05) is 11.0 Å². The fourth-order valence-electron chi connectivity index (χ4n) is 2.27. The fraction of sp³-hybridized carbons (Fsp3) is 0.562. The van der Waals surface area contributed by atoms with E-state index in [0.717, 1.165) is 25.3 Å². The molecule has 3 nitrogen and oxygen atoms in total. The summed E-state index contributed by atoms with van der Waals surface area (Å²) in [7, 11) is 0. The molecule has 0 aromatic heterocycles. The summed E-state index contributed by atoms with van der Waals surface area (Å²) in [5.41, 5.74) is 4.39. The topological polar surface area (TPSA) is 55.1 Å². The highest BCUT2D eigenvalue weighted by atomic mass is 79.9. The van der Waals surface area contributed by atoms with E-state index in [0.29, 0.717) is 6.54 Å². The number of benzene rings is 1. The molecule has 0 bridgehead atoms. The van der Waals surface area contributed by atoms with Gasteiger partial charge in [-0.25, -0.2) is 8.78 Å². The summed E-state index contributed by atoms with van der Waals surface area (Å²) in [4.78, 5) is 11.1. The zero-order valence-corrected chi connectivity index (χ0v) is 14.4. The highest BCUT2D eigenvalue weighted by molar-refractivity contribution is 9.10. The molecule has 0 aliphatic rings. The fourth-order valence-corrected chi connectivity index (χ4v) is 2.79. The van der Waals surface area contributed by atoms with Crippen LogP contribution in [0, 0.1) is 11.6 Å². The third-order valence-electron chi connectivity index (χ3n) is 3.50. The van der Waals surface area contributed by atoms with Gasteiger partial charge in [0.1, 0.15) is 11.4 Å². The minimum Gasteiger partial charge on any atom is -0.382 e. The monoisotopic (exact) mass is 376 g/mol. The predicted octanol–water partition coefficient (Wildman–Crippen LogP) is 4.99. The summed E-state index contributed by atoms with van der Waals surface area (Å²) >= 11 is 3.10. The van der Waals surface area contributed by atoms with Crippen molar-refractivity contribution in [2.75, 3.05) is 11.9 Å². The van der Waals surface area contributed by atoms with Crippen molar-refractivity contribution in [3.05, 3.63) is 27.7 Å². The number of anilines is 1. The summed E-state index contributed by atoms with van der Waals surface area (Å²) < 4.78 is 27.9. The number of carbonyl (C=O) groups excluding carboxylic acids is 1. The van der Waals surface area contributed by atoms with Crippen molar-refractivity contribution in [2.24, 2.45) is 5.73 Å². The van der Waals surface area contributed by atoms with Gasteiger partial charge in [-0.05, 0) is 28.4 Å². The van der Waals surface area contributed by atoms with Crippen LogP contribution in [-0.2, 0) is 0 Å². The van der Waals surface area contributed by atoms with Gasteiger partial charge < -0.3 is 11.1 Å². The maximum absolute atomic E-state index is 14.1. The highest BCUT2D eigenvalue weighted by Gasteiger charge is 2.21. The number of carbonyl (C=O) groups is 1. The Labute approximate surface area is 138 Å². The first kappa shape index (κ1) is 18.9. The van der Waals surface area contributed by atoms with E-state index in [9.17, 15) is 13.6 Å². The molecule has 0 atom stereocenters. The number of unbranched alkanes of at least 4 members (excludes halogenated alkanes) is 6. The van der Waals surface area contributed by atoms with Crippen molar-refractivity contribution in [1.82, 2.24) is 0 Å². The van der Waals surface area contributed by atoms with Gasteiger partial charge in [-0.1, -0.05) is 45.4 Å². The highest BCUT2D eigenvalue weighted by Crippen LogP contribution is 2.30. The lowest BCUT2D eigenvalue weighted by Gasteiger charge is -2.12. The lowest BCUT2D eigenvalue weighted by atomic mass is 10.1. The van der Waals surface area contributed by atoms with Crippen LogP contribution in [0.25, 0.3) is 0 Å². The second-order valence-electron chi connectivity index (χ2n) is 5.32. The van der Waals surface area contributed by atoms with Gasteiger partial charge in [0.05, 0.1) is 5.69 Å². The molecule has 0 heterocycles. The van der Waals surface area contributed by atoms with Crippen LogP contribution in [0.2, 0.25) is 0 Å². The summed E-state index contributed by atoms with van der Waals surface area (Å²) in [5.74, 6) is -3.01. The Morgan fingerprint density at radius 1 is 1.18 bits per heavy atom. The number of nitrogens with one attached hydrogen (secondary N) is 1. The second-order valence-corrected chi connectivity index (χ2v) is 6.17. The molecule has 1 amide bonds. The Bertz CT molecular complexity index is 509. The summed E-state index contributed by atoms with van der Waals surface area (Å²) in [6.45, 7) is 2.74. The van der Waals surface area contributed by atoms with Crippen LogP contribution < -0.4 is 11.1 Å². The van der Waals surface area contributed by atoms with Gasteiger partial charge in [0.15, 0.2) is 5.82 Å². The Kier molecular flexibility index (Phi) is 8.38. The normalized spacial score (nSPS) is 10.7.